The van der Waals surface area contributed by atoms with Crippen molar-refractivity contribution in [2.45, 2.75) is 57.2 Å². The predicted octanol–water partition coefficient (Wildman–Crippen LogP) is 2.48. The van der Waals surface area contributed by atoms with E-state index in [1.807, 2.05) is 0 Å². The first kappa shape index (κ1) is 17.3. The number of methoxy groups -OCH3 is 1. The van der Waals surface area contributed by atoms with Crippen molar-refractivity contribution in [2.75, 3.05) is 39.9 Å². The van der Waals surface area contributed by atoms with Gasteiger partial charge in [0.05, 0.1) is 12.3 Å². The smallest absolute Gasteiger partial charge is 0.213 e. The molecular weight excluding hydrogens is 314 g/mol. The molecule has 1 saturated carbocycles. The molecule has 25 heavy (non-hydrogen) atoms. The molecule has 5 heteroatoms. The van der Waals surface area contributed by atoms with Gasteiger partial charge in [0.15, 0.2) is 0 Å². The Kier molecular flexibility index (Phi) is 5.54. The van der Waals surface area contributed by atoms with Gasteiger partial charge in [-0.15, -0.1) is 0 Å². The Bertz CT molecular complexity index is 568. The van der Waals surface area contributed by atoms with E-state index in [1.165, 1.54) is 43.6 Å². The highest BCUT2D eigenvalue weighted by molar-refractivity contribution is 5.28. The molecule has 0 atom stereocenters. The molecule has 5 nitrogen and oxygen atoms in total. The molecule has 4 rings (SSSR count). The number of hydrogen-bond donors (Lipinski definition) is 0. The summed E-state index contributed by atoms with van der Waals surface area (Å²) in [6.07, 6.45) is 7.85. The van der Waals surface area contributed by atoms with Gasteiger partial charge >= 0.3 is 0 Å². The van der Waals surface area contributed by atoms with Crippen molar-refractivity contribution in [3.05, 3.63) is 23.4 Å². The molecule has 1 aromatic heterocycles. The topological polar surface area (TPSA) is 37.8 Å². The molecule has 2 fully saturated rings. The molecule has 0 amide bonds. The normalized spacial score (nSPS) is 23.2. The minimum atomic E-state index is 0.337. The zero-order valence-corrected chi connectivity index (χ0v) is 15.5. The Morgan fingerprint density at radius 3 is 2.68 bits per heavy atom. The summed E-state index contributed by atoms with van der Waals surface area (Å²) in [5.41, 5.74) is 2.56. The van der Waals surface area contributed by atoms with Gasteiger partial charge in [-0.3, -0.25) is 4.90 Å². The fraction of sp³-hybridized carbons (Fsp3) is 0.750. The summed E-state index contributed by atoms with van der Waals surface area (Å²) in [7, 11) is 1.76. The van der Waals surface area contributed by atoms with Crippen molar-refractivity contribution in [3.8, 4) is 5.88 Å². The molecule has 3 heterocycles. The summed E-state index contributed by atoms with van der Waals surface area (Å²) < 4.78 is 11.4. The molecule has 3 aliphatic rings. The van der Waals surface area contributed by atoms with E-state index in [9.17, 15) is 0 Å². The van der Waals surface area contributed by atoms with Gasteiger partial charge in [0.25, 0.3) is 0 Å². The maximum atomic E-state index is 6.22. The Hall–Kier alpha value is -1.17. The number of ether oxygens (including phenoxy) is 2. The van der Waals surface area contributed by atoms with E-state index < -0.39 is 0 Å². The number of rotatable bonds is 6. The molecule has 0 spiro atoms. The van der Waals surface area contributed by atoms with Crippen molar-refractivity contribution in [3.63, 3.8) is 0 Å². The summed E-state index contributed by atoms with van der Waals surface area (Å²) in [6, 6.07) is 5.14. The van der Waals surface area contributed by atoms with Crippen LogP contribution in [-0.2, 0) is 17.7 Å². The van der Waals surface area contributed by atoms with Crippen LogP contribution in [0.15, 0.2) is 12.1 Å². The van der Waals surface area contributed by atoms with Crippen LogP contribution in [0.2, 0.25) is 0 Å². The molecule has 138 valence electrons. The van der Waals surface area contributed by atoms with Crippen molar-refractivity contribution < 1.29 is 9.47 Å². The number of fused-ring (bicyclic) bond motifs is 1. The van der Waals surface area contributed by atoms with Crippen LogP contribution in [0, 0.1) is 0 Å². The van der Waals surface area contributed by atoms with Gasteiger partial charge in [-0.1, -0.05) is 12.5 Å². The van der Waals surface area contributed by atoms with Crippen LogP contribution in [0.4, 0.5) is 0 Å². The van der Waals surface area contributed by atoms with Crippen molar-refractivity contribution in [1.29, 1.82) is 0 Å². The van der Waals surface area contributed by atoms with Crippen molar-refractivity contribution in [2.24, 2.45) is 0 Å². The van der Waals surface area contributed by atoms with E-state index in [1.54, 1.807) is 7.11 Å². The molecule has 1 aromatic rings. The highest BCUT2D eigenvalue weighted by atomic mass is 16.5. The zero-order valence-electron chi connectivity index (χ0n) is 15.5. The van der Waals surface area contributed by atoms with E-state index in [-0.39, 0.29) is 0 Å². The van der Waals surface area contributed by atoms with E-state index in [0.717, 1.165) is 57.4 Å². The fourth-order valence-corrected chi connectivity index (χ4v) is 4.21. The van der Waals surface area contributed by atoms with Crippen molar-refractivity contribution in [1.82, 2.24) is 14.8 Å². The second-order valence-corrected chi connectivity index (χ2v) is 7.71. The first-order valence-corrected chi connectivity index (χ1v) is 9.92. The minimum absolute atomic E-state index is 0.337. The number of piperidine rings is 1. The fourth-order valence-electron chi connectivity index (χ4n) is 4.21. The molecule has 0 N–H and O–H groups in total. The first-order valence-electron chi connectivity index (χ1n) is 9.92. The third-order valence-corrected chi connectivity index (χ3v) is 6.07. The van der Waals surface area contributed by atoms with Crippen LogP contribution in [-0.4, -0.2) is 66.8 Å². The lowest BCUT2D eigenvalue weighted by atomic mass is 9.90. The summed E-state index contributed by atoms with van der Waals surface area (Å²) in [5.74, 6) is 0.825. The van der Waals surface area contributed by atoms with Crippen LogP contribution < -0.4 is 4.74 Å². The van der Waals surface area contributed by atoms with Gasteiger partial charge in [0.2, 0.25) is 5.88 Å². The maximum Gasteiger partial charge on any atom is 0.213 e. The number of aromatic nitrogens is 1. The van der Waals surface area contributed by atoms with Gasteiger partial charge in [0, 0.05) is 58.4 Å². The monoisotopic (exact) mass is 345 g/mol. The molecule has 0 radical (unpaired) electrons. The standard InChI is InChI=1S/C20H31N3O2/c1-24-14-13-22-10-9-19-16(15-22)5-6-20(21-19)25-18-7-11-23(12-8-18)17-3-2-4-17/h5-6,17-18H,2-4,7-15H2,1H3. The quantitative estimate of drug-likeness (QED) is 0.792. The van der Waals surface area contributed by atoms with Gasteiger partial charge in [-0.2, -0.15) is 0 Å². The second kappa shape index (κ2) is 8.02. The lowest BCUT2D eigenvalue weighted by Crippen LogP contribution is -2.46. The number of nitrogens with zero attached hydrogens (tertiary/aromatic N) is 3. The lowest BCUT2D eigenvalue weighted by Gasteiger charge is -2.41. The molecule has 0 bridgehead atoms. The maximum absolute atomic E-state index is 6.22. The van der Waals surface area contributed by atoms with E-state index in [4.69, 9.17) is 14.5 Å². The Labute approximate surface area is 151 Å². The summed E-state index contributed by atoms with van der Waals surface area (Å²) in [5, 5.41) is 0. The van der Waals surface area contributed by atoms with Crippen LogP contribution in [0.1, 0.15) is 43.4 Å². The Balaban J connectivity index is 1.29. The van der Waals surface area contributed by atoms with E-state index >= 15 is 0 Å². The third-order valence-electron chi connectivity index (χ3n) is 6.07. The lowest BCUT2D eigenvalue weighted by molar-refractivity contribution is 0.0473. The van der Waals surface area contributed by atoms with Gasteiger partial charge < -0.3 is 14.4 Å². The summed E-state index contributed by atoms with van der Waals surface area (Å²) >= 11 is 0. The van der Waals surface area contributed by atoms with E-state index in [0.29, 0.717) is 6.10 Å². The van der Waals surface area contributed by atoms with Gasteiger partial charge in [-0.25, -0.2) is 4.98 Å². The number of likely N-dealkylation sites (tertiary alicyclic amines) is 1. The van der Waals surface area contributed by atoms with Gasteiger partial charge in [-0.05, 0) is 31.2 Å². The minimum Gasteiger partial charge on any atom is -0.474 e. The highest BCUT2D eigenvalue weighted by Crippen LogP contribution is 2.28. The van der Waals surface area contributed by atoms with Crippen LogP contribution in [0.5, 0.6) is 5.88 Å². The number of pyridine rings is 1. The largest absolute Gasteiger partial charge is 0.474 e. The average Bonchev–Trinajstić information content (AvgIpc) is 2.60. The SMILES string of the molecule is COCCN1CCc2nc(OC3CCN(C4CCC4)CC3)ccc2C1. The molecule has 0 unspecified atom stereocenters. The summed E-state index contributed by atoms with van der Waals surface area (Å²) in [4.78, 5) is 9.91. The molecule has 0 aromatic carbocycles. The zero-order chi connectivity index (χ0) is 17.1. The molecule has 2 aliphatic heterocycles. The molecule has 1 saturated heterocycles. The number of hydrogen-bond acceptors (Lipinski definition) is 5. The van der Waals surface area contributed by atoms with E-state index in [2.05, 4.69) is 21.9 Å². The highest BCUT2D eigenvalue weighted by Gasteiger charge is 2.29. The van der Waals surface area contributed by atoms with Crippen LogP contribution >= 0.6 is 0 Å². The van der Waals surface area contributed by atoms with Crippen molar-refractivity contribution >= 4 is 0 Å². The first-order chi connectivity index (χ1) is 12.3. The third kappa shape index (κ3) is 4.15. The second-order valence-electron chi connectivity index (χ2n) is 7.71. The predicted molar refractivity (Wildman–Crippen MR) is 98.0 cm³/mol. The van der Waals surface area contributed by atoms with Crippen LogP contribution in [0.25, 0.3) is 0 Å². The van der Waals surface area contributed by atoms with Crippen LogP contribution in [0.3, 0.4) is 0 Å². The average molecular weight is 345 g/mol. The Morgan fingerprint density at radius 2 is 1.96 bits per heavy atom. The molecular formula is C20H31N3O2. The molecule has 1 aliphatic carbocycles. The summed E-state index contributed by atoms with van der Waals surface area (Å²) in [6.45, 7) is 6.21. The Morgan fingerprint density at radius 1 is 1.12 bits per heavy atom. The van der Waals surface area contributed by atoms with Gasteiger partial charge in [0.1, 0.15) is 6.10 Å².